The minimum atomic E-state index is 0.650. The van der Waals surface area contributed by atoms with Crippen LogP contribution in [0.2, 0.25) is 5.02 Å². The summed E-state index contributed by atoms with van der Waals surface area (Å²) in [4.78, 5) is 7.96. The number of hydrogen-bond donors (Lipinski definition) is 0. The summed E-state index contributed by atoms with van der Waals surface area (Å²) in [6.45, 7) is 6.13. The molecule has 0 aliphatic rings. The fourth-order valence-corrected chi connectivity index (χ4v) is 3.18. The second-order valence-electron chi connectivity index (χ2n) is 5.16. The van der Waals surface area contributed by atoms with Gasteiger partial charge in [0.1, 0.15) is 0 Å². The molecule has 0 fully saturated rings. The average Bonchev–Trinajstić information content (AvgIpc) is 3.20. The number of halogens is 1. The van der Waals surface area contributed by atoms with Crippen LogP contribution >= 0.6 is 22.9 Å². The molecule has 0 unspecified atom stereocenters. The van der Waals surface area contributed by atoms with E-state index in [2.05, 4.69) is 34.0 Å². The lowest BCUT2D eigenvalue weighted by atomic mass is 10.2. The Labute approximate surface area is 144 Å². The molecule has 0 saturated heterocycles. The molecule has 0 radical (unpaired) electrons. The maximum atomic E-state index is 5.91. The van der Waals surface area contributed by atoms with Crippen molar-refractivity contribution in [3.8, 4) is 11.3 Å². The lowest BCUT2D eigenvalue weighted by molar-refractivity contribution is 0.258. The quantitative estimate of drug-likeness (QED) is 0.548. The first kappa shape index (κ1) is 16.0. The Kier molecular flexibility index (Phi) is 5.28. The molecule has 3 rings (SSSR count). The molecule has 1 aromatic carbocycles. The van der Waals surface area contributed by atoms with Gasteiger partial charge in [0.15, 0.2) is 5.76 Å². The largest absolute Gasteiger partial charge is 0.439 e. The number of rotatable bonds is 7. The van der Waals surface area contributed by atoms with Gasteiger partial charge in [-0.3, -0.25) is 4.90 Å². The predicted octanol–water partition coefficient (Wildman–Crippen LogP) is 5.24. The highest BCUT2D eigenvalue weighted by molar-refractivity contribution is 7.09. The second kappa shape index (κ2) is 7.59. The average molecular weight is 345 g/mol. The fourth-order valence-electron chi connectivity index (χ4n) is 2.31. The number of benzene rings is 1. The van der Waals surface area contributed by atoms with Gasteiger partial charge in [-0.2, -0.15) is 0 Å². The Hall–Kier alpha value is -1.88. The highest BCUT2D eigenvalue weighted by Crippen LogP contribution is 2.23. The summed E-state index contributed by atoms with van der Waals surface area (Å²) in [5.74, 6) is 1.46. The third-order valence-corrected chi connectivity index (χ3v) is 4.50. The first-order valence-corrected chi connectivity index (χ1v) is 8.56. The number of aromatic nitrogens is 1. The van der Waals surface area contributed by atoms with Gasteiger partial charge in [0, 0.05) is 28.6 Å². The molecule has 3 aromatic rings. The summed E-state index contributed by atoms with van der Waals surface area (Å²) in [6, 6.07) is 11.8. The van der Waals surface area contributed by atoms with E-state index in [1.165, 1.54) is 4.88 Å². The molecule has 0 atom stereocenters. The van der Waals surface area contributed by atoms with Gasteiger partial charge in [0.2, 0.25) is 5.89 Å². The van der Waals surface area contributed by atoms with Gasteiger partial charge in [-0.05, 0) is 35.7 Å². The van der Waals surface area contributed by atoms with Crippen LogP contribution in [-0.2, 0) is 13.1 Å². The summed E-state index contributed by atoms with van der Waals surface area (Å²) < 4.78 is 5.88. The molecule has 0 saturated carbocycles. The van der Waals surface area contributed by atoms with Crippen LogP contribution < -0.4 is 0 Å². The van der Waals surface area contributed by atoms with Crippen LogP contribution in [-0.4, -0.2) is 16.4 Å². The van der Waals surface area contributed by atoms with E-state index in [-0.39, 0.29) is 0 Å². The molecule has 0 bridgehead atoms. The molecule has 118 valence electrons. The van der Waals surface area contributed by atoms with Crippen molar-refractivity contribution in [2.24, 2.45) is 0 Å². The first-order chi connectivity index (χ1) is 11.2. The van der Waals surface area contributed by atoms with Gasteiger partial charge in [-0.15, -0.1) is 17.9 Å². The molecule has 2 aromatic heterocycles. The summed E-state index contributed by atoms with van der Waals surface area (Å²) in [5, 5.41) is 2.80. The van der Waals surface area contributed by atoms with Crippen molar-refractivity contribution in [3.05, 3.63) is 76.4 Å². The first-order valence-electron chi connectivity index (χ1n) is 7.31. The third-order valence-electron chi connectivity index (χ3n) is 3.39. The van der Waals surface area contributed by atoms with Gasteiger partial charge >= 0.3 is 0 Å². The molecule has 0 N–H and O–H groups in total. The molecule has 2 heterocycles. The van der Waals surface area contributed by atoms with Crippen molar-refractivity contribution >= 4 is 22.9 Å². The highest BCUT2D eigenvalue weighted by Gasteiger charge is 2.12. The van der Waals surface area contributed by atoms with Gasteiger partial charge in [-0.1, -0.05) is 23.7 Å². The van der Waals surface area contributed by atoms with E-state index < -0.39 is 0 Å². The maximum absolute atomic E-state index is 5.91. The maximum Gasteiger partial charge on any atom is 0.209 e. The van der Waals surface area contributed by atoms with Crippen LogP contribution in [0.15, 0.2) is 65.0 Å². The zero-order valence-corrected chi connectivity index (χ0v) is 14.2. The number of nitrogens with zero attached hydrogens (tertiary/aromatic N) is 2. The number of hydrogen-bond acceptors (Lipinski definition) is 4. The molecular weight excluding hydrogens is 328 g/mol. The van der Waals surface area contributed by atoms with E-state index in [1.807, 2.05) is 30.3 Å². The molecular formula is C18H17ClN2OS. The molecule has 0 amide bonds. The second-order valence-corrected chi connectivity index (χ2v) is 6.63. The van der Waals surface area contributed by atoms with Crippen LogP contribution in [0.3, 0.4) is 0 Å². The van der Waals surface area contributed by atoms with Crippen molar-refractivity contribution < 1.29 is 4.42 Å². The van der Waals surface area contributed by atoms with Crippen molar-refractivity contribution in [2.75, 3.05) is 6.54 Å². The third kappa shape index (κ3) is 4.32. The zero-order chi connectivity index (χ0) is 16.1. The molecule has 0 aliphatic carbocycles. The van der Waals surface area contributed by atoms with E-state index in [4.69, 9.17) is 16.0 Å². The summed E-state index contributed by atoms with van der Waals surface area (Å²) in [5.41, 5.74) is 0.974. The highest BCUT2D eigenvalue weighted by atomic mass is 35.5. The van der Waals surface area contributed by atoms with Crippen LogP contribution in [0.25, 0.3) is 11.3 Å². The molecule has 23 heavy (non-hydrogen) atoms. The van der Waals surface area contributed by atoms with Crippen molar-refractivity contribution in [1.29, 1.82) is 0 Å². The zero-order valence-electron chi connectivity index (χ0n) is 12.6. The SMILES string of the molecule is C=CCN(Cc1ncc(-c2ccc(Cl)cc2)o1)Cc1cccs1. The molecule has 0 aliphatic heterocycles. The van der Waals surface area contributed by atoms with Crippen molar-refractivity contribution in [2.45, 2.75) is 13.1 Å². The van der Waals surface area contributed by atoms with E-state index in [0.29, 0.717) is 17.5 Å². The van der Waals surface area contributed by atoms with Crippen LogP contribution in [0.4, 0.5) is 0 Å². The van der Waals surface area contributed by atoms with Crippen LogP contribution in [0.5, 0.6) is 0 Å². The Balaban J connectivity index is 1.70. The fraction of sp³-hybridized carbons (Fsp3) is 0.167. The summed E-state index contributed by atoms with van der Waals surface area (Å²) >= 11 is 7.67. The lowest BCUT2D eigenvalue weighted by Gasteiger charge is -2.17. The predicted molar refractivity (Wildman–Crippen MR) is 95.6 cm³/mol. The standard InChI is InChI=1S/C18H17ClN2OS/c1-2-9-21(12-16-4-3-10-23-16)13-18-20-11-17(22-18)14-5-7-15(19)8-6-14/h2-8,10-11H,1,9,12-13H2. The van der Waals surface area contributed by atoms with E-state index in [9.17, 15) is 0 Å². The van der Waals surface area contributed by atoms with Crippen LogP contribution in [0.1, 0.15) is 10.8 Å². The Morgan fingerprint density at radius 1 is 1.22 bits per heavy atom. The van der Waals surface area contributed by atoms with Gasteiger partial charge in [-0.25, -0.2) is 4.98 Å². The molecule has 5 heteroatoms. The monoisotopic (exact) mass is 344 g/mol. The normalized spacial score (nSPS) is 11.0. The number of thiophene rings is 1. The van der Waals surface area contributed by atoms with E-state index in [1.54, 1.807) is 17.5 Å². The Morgan fingerprint density at radius 3 is 2.74 bits per heavy atom. The molecule has 3 nitrogen and oxygen atoms in total. The van der Waals surface area contributed by atoms with Crippen molar-refractivity contribution in [1.82, 2.24) is 9.88 Å². The topological polar surface area (TPSA) is 29.3 Å². The number of oxazole rings is 1. The lowest BCUT2D eigenvalue weighted by Crippen LogP contribution is -2.22. The van der Waals surface area contributed by atoms with E-state index >= 15 is 0 Å². The molecule has 0 spiro atoms. The van der Waals surface area contributed by atoms with Gasteiger partial charge in [0.25, 0.3) is 0 Å². The smallest absolute Gasteiger partial charge is 0.209 e. The summed E-state index contributed by atoms with van der Waals surface area (Å²) in [6.07, 6.45) is 3.66. The minimum absolute atomic E-state index is 0.650. The van der Waals surface area contributed by atoms with Crippen molar-refractivity contribution in [3.63, 3.8) is 0 Å². The van der Waals surface area contributed by atoms with Crippen LogP contribution in [0, 0.1) is 0 Å². The minimum Gasteiger partial charge on any atom is -0.439 e. The van der Waals surface area contributed by atoms with Gasteiger partial charge in [0.05, 0.1) is 12.7 Å². The Morgan fingerprint density at radius 2 is 2.04 bits per heavy atom. The summed E-state index contributed by atoms with van der Waals surface area (Å²) in [7, 11) is 0. The van der Waals surface area contributed by atoms with E-state index in [0.717, 1.165) is 24.4 Å². The Bertz CT molecular complexity index is 750. The van der Waals surface area contributed by atoms with Gasteiger partial charge < -0.3 is 4.42 Å².